The molecule has 2 rings (SSSR count). The molecule has 7 heteroatoms. The molecule has 1 aliphatic carbocycles. The van der Waals surface area contributed by atoms with Crippen LogP contribution in [0.1, 0.15) is 52.3 Å². The van der Waals surface area contributed by atoms with Gasteiger partial charge < -0.3 is 14.8 Å². The van der Waals surface area contributed by atoms with Crippen molar-refractivity contribution < 1.29 is 0 Å². The fourth-order valence-corrected chi connectivity index (χ4v) is 3.27. The van der Waals surface area contributed by atoms with E-state index in [-0.39, 0.29) is 24.0 Å². The van der Waals surface area contributed by atoms with Gasteiger partial charge in [-0.15, -0.1) is 34.2 Å². The Kier molecular flexibility index (Phi) is 9.61. The van der Waals surface area contributed by atoms with Gasteiger partial charge in [0.1, 0.15) is 12.9 Å². The normalized spacial score (nSPS) is 21.2. The van der Waals surface area contributed by atoms with Crippen LogP contribution >= 0.6 is 24.0 Å². The predicted octanol–water partition coefficient (Wildman–Crippen LogP) is 3.14. The number of aliphatic imine (C=N–C) groups is 1. The van der Waals surface area contributed by atoms with Gasteiger partial charge in [-0.2, -0.15) is 0 Å². The van der Waals surface area contributed by atoms with Crippen LogP contribution in [0.3, 0.4) is 0 Å². The minimum absolute atomic E-state index is 0. The third-order valence-corrected chi connectivity index (χ3v) is 4.77. The fourth-order valence-electron chi connectivity index (χ4n) is 3.27. The minimum Gasteiger partial charge on any atom is -0.357 e. The topological polar surface area (TPSA) is 58.3 Å². The zero-order valence-corrected chi connectivity index (χ0v) is 17.9. The second-order valence-electron chi connectivity index (χ2n) is 6.71. The number of nitrogens with one attached hydrogen (secondary N) is 1. The quantitative estimate of drug-likeness (QED) is 0.413. The van der Waals surface area contributed by atoms with Gasteiger partial charge in [0.05, 0.1) is 0 Å². The molecular weight excluding hydrogens is 415 g/mol. The SMILES string of the molecule is CCNC(=NCc1nncn1CC)N(C)CC1CCC(C)CC1.I. The monoisotopic (exact) mass is 448 g/mol. The van der Waals surface area contributed by atoms with Crippen LogP contribution in [-0.4, -0.2) is 45.8 Å². The Hall–Kier alpha value is -0.860. The van der Waals surface area contributed by atoms with Crippen molar-refractivity contribution >= 4 is 29.9 Å². The number of halogens is 1. The van der Waals surface area contributed by atoms with Gasteiger partial charge in [0.2, 0.25) is 0 Å². The van der Waals surface area contributed by atoms with Crippen LogP contribution in [0.15, 0.2) is 11.3 Å². The third kappa shape index (κ3) is 6.22. The third-order valence-electron chi connectivity index (χ3n) is 4.77. The van der Waals surface area contributed by atoms with Gasteiger partial charge in [0.15, 0.2) is 11.8 Å². The highest BCUT2D eigenvalue weighted by molar-refractivity contribution is 14.0. The van der Waals surface area contributed by atoms with Crippen LogP contribution in [0.2, 0.25) is 0 Å². The number of hydrogen-bond donors (Lipinski definition) is 1. The summed E-state index contributed by atoms with van der Waals surface area (Å²) < 4.78 is 2.04. The summed E-state index contributed by atoms with van der Waals surface area (Å²) in [5.74, 6) is 3.58. The maximum absolute atomic E-state index is 4.75. The molecule has 1 N–H and O–H groups in total. The number of rotatable bonds is 6. The fraction of sp³-hybridized carbons (Fsp3) is 0.824. The predicted molar refractivity (Wildman–Crippen MR) is 110 cm³/mol. The van der Waals surface area contributed by atoms with Crippen molar-refractivity contribution in [2.75, 3.05) is 20.1 Å². The van der Waals surface area contributed by atoms with E-state index >= 15 is 0 Å². The maximum Gasteiger partial charge on any atom is 0.194 e. The molecule has 0 radical (unpaired) electrons. The number of guanidine groups is 1. The first-order valence-corrected chi connectivity index (χ1v) is 9.00. The lowest BCUT2D eigenvalue weighted by molar-refractivity contribution is 0.250. The standard InChI is InChI=1S/C17H32N6.HI/c1-5-18-17(19-11-16-21-20-13-23(16)6-2)22(4)12-15-9-7-14(3)8-10-15;/h13-15H,5-12H2,1-4H3,(H,18,19);1H. The minimum atomic E-state index is 0. The van der Waals surface area contributed by atoms with Crippen molar-refractivity contribution in [1.29, 1.82) is 0 Å². The van der Waals surface area contributed by atoms with E-state index in [0.717, 1.165) is 43.3 Å². The molecule has 1 aliphatic rings. The molecule has 0 aliphatic heterocycles. The van der Waals surface area contributed by atoms with Crippen molar-refractivity contribution in [2.24, 2.45) is 16.8 Å². The van der Waals surface area contributed by atoms with Crippen molar-refractivity contribution in [1.82, 2.24) is 25.0 Å². The van der Waals surface area contributed by atoms with Crippen LogP contribution in [0.25, 0.3) is 0 Å². The van der Waals surface area contributed by atoms with Gasteiger partial charge >= 0.3 is 0 Å². The Balaban J connectivity index is 0.00000288. The number of nitrogens with zero attached hydrogens (tertiary/aromatic N) is 5. The molecular formula is C17H33IN6. The Morgan fingerprint density at radius 1 is 1.33 bits per heavy atom. The highest BCUT2D eigenvalue weighted by atomic mass is 127. The first kappa shape index (κ1) is 21.2. The summed E-state index contributed by atoms with van der Waals surface area (Å²) in [5, 5.41) is 11.5. The Morgan fingerprint density at radius 3 is 2.67 bits per heavy atom. The van der Waals surface area contributed by atoms with E-state index in [1.54, 1.807) is 6.33 Å². The highest BCUT2D eigenvalue weighted by Gasteiger charge is 2.20. The Bertz CT molecular complexity index is 493. The van der Waals surface area contributed by atoms with Crippen LogP contribution in [0.5, 0.6) is 0 Å². The van der Waals surface area contributed by atoms with Crippen LogP contribution in [-0.2, 0) is 13.1 Å². The summed E-state index contributed by atoms with van der Waals surface area (Å²) in [6.45, 7) is 9.99. The first-order chi connectivity index (χ1) is 11.1. The van der Waals surface area contributed by atoms with Gasteiger partial charge in [-0.25, -0.2) is 4.99 Å². The lowest BCUT2D eigenvalue weighted by Gasteiger charge is -2.31. The molecule has 6 nitrogen and oxygen atoms in total. The average molecular weight is 448 g/mol. The average Bonchev–Trinajstić information content (AvgIpc) is 3.01. The molecule has 1 fully saturated rings. The molecule has 0 atom stereocenters. The largest absolute Gasteiger partial charge is 0.357 e. The van der Waals surface area contributed by atoms with Gasteiger partial charge in [-0.3, -0.25) is 0 Å². The van der Waals surface area contributed by atoms with Gasteiger partial charge in [0, 0.05) is 26.7 Å². The molecule has 1 heterocycles. The molecule has 0 aromatic carbocycles. The highest BCUT2D eigenvalue weighted by Crippen LogP contribution is 2.28. The molecule has 1 aromatic rings. The van der Waals surface area contributed by atoms with Crippen molar-refractivity contribution in [3.8, 4) is 0 Å². The van der Waals surface area contributed by atoms with Crippen LogP contribution in [0.4, 0.5) is 0 Å². The van der Waals surface area contributed by atoms with Crippen molar-refractivity contribution in [3.05, 3.63) is 12.2 Å². The van der Waals surface area contributed by atoms with E-state index in [4.69, 9.17) is 4.99 Å². The molecule has 24 heavy (non-hydrogen) atoms. The van der Waals surface area contributed by atoms with E-state index in [9.17, 15) is 0 Å². The molecule has 0 amide bonds. The summed E-state index contributed by atoms with van der Waals surface area (Å²) in [7, 11) is 2.14. The summed E-state index contributed by atoms with van der Waals surface area (Å²) in [6.07, 6.45) is 7.19. The zero-order chi connectivity index (χ0) is 16.7. The molecule has 1 saturated carbocycles. The van der Waals surface area contributed by atoms with Crippen LogP contribution < -0.4 is 5.32 Å². The second kappa shape index (κ2) is 10.9. The van der Waals surface area contributed by atoms with Crippen molar-refractivity contribution in [3.63, 3.8) is 0 Å². The van der Waals surface area contributed by atoms with Gasteiger partial charge in [0.25, 0.3) is 0 Å². The van der Waals surface area contributed by atoms with Crippen LogP contribution in [0, 0.1) is 11.8 Å². The molecule has 1 aromatic heterocycles. The first-order valence-electron chi connectivity index (χ1n) is 9.00. The lowest BCUT2D eigenvalue weighted by atomic mass is 9.83. The van der Waals surface area contributed by atoms with E-state index in [1.807, 2.05) is 4.57 Å². The van der Waals surface area contributed by atoms with Gasteiger partial charge in [-0.05, 0) is 38.5 Å². The summed E-state index contributed by atoms with van der Waals surface area (Å²) in [6, 6.07) is 0. The van der Waals surface area contributed by atoms with E-state index < -0.39 is 0 Å². The molecule has 0 spiro atoms. The summed E-state index contributed by atoms with van der Waals surface area (Å²) >= 11 is 0. The molecule has 138 valence electrons. The lowest BCUT2D eigenvalue weighted by Crippen LogP contribution is -2.41. The maximum atomic E-state index is 4.75. The Labute approximate surface area is 163 Å². The Morgan fingerprint density at radius 2 is 2.04 bits per heavy atom. The van der Waals surface area contributed by atoms with E-state index in [1.165, 1.54) is 25.7 Å². The molecule has 0 bridgehead atoms. The van der Waals surface area contributed by atoms with E-state index in [2.05, 4.69) is 48.2 Å². The molecule has 0 saturated heterocycles. The van der Waals surface area contributed by atoms with Gasteiger partial charge in [-0.1, -0.05) is 19.8 Å². The summed E-state index contributed by atoms with van der Waals surface area (Å²) in [4.78, 5) is 7.03. The smallest absolute Gasteiger partial charge is 0.194 e. The number of aryl methyl sites for hydroxylation is 1. The molecule has 0 unspecified atom stereocenters. The van der Waals surface area contributed by atoms with E-state index in [0.29, 0.717) is 6.54 Å². The number of aromatic nitrogens is 3. The second-order valence-corrected chi connectivity index (χ2v) is 6.71. The summed E-state index contributed by atoms with van der Waals surface area (Å²) in [5.41, 5.74) is 0. The zero-order valence-electron chi connectivity index (χ0n) is 15.5. The number of hydrogen-bond acceptors (Lipinski definition) is 3. The van der Waals surface area contributed by atoms with Crippen molar-refractivity contribution in [2.45, 2.75) is 59.5 Å².